The van der Waals surface area contributed by atoms with Gasteiger partial charge < -0.3 is 37.6 Å². The van der Waals surface area contributed by atoms with Gasteiger partial charge in [0.25, 0.3) is 11.8 Å². The summed E-state index contributed by atoms with van der Waals surface area (Å²) in [5, 5.41) is 40.1. The number of piperidine rings is 2. The number of nitrogens with zero attached hydrogens (tertiary/aromatic N) is 10. The average molecular weight is 1290 g/mol. The number of carboxylic acid groups (broad SMARTS) is 1. The summed E-state index contributed by atoms with van der Waals surface area (Å²) in [5.74, 6) is -3.36. The van der Waals surface area contributed by atoms with Crippen LogP contribution in [0.4, 0.5) is 17.6 Å². The van der Waals surface area contributed by atoms with Gasteiger partial charge in [-0.05, 0) is 136 Å². The van der Waals surface area contributed by atoms with Gasteiger partial charge in [0.15, 0.2) is 5.78 Å². The molecule has 4 aromatic carbocycles. The fourth-order valence-electron chi connectivity index (χ4n) is 11.6. The molecule has 0 radical (unpaired) electrons. The lowest BCUT2D eigenvalue weighted by Gasteiger charge is -2.40. The number of hydrogen-bond acceptors (Lipinski definition) is 15. The number of fused-ring (bicyclic) bond motifs is 3. The zero-order chi connectivity index (χ0) is 68.3. The minimum Gasteiger partial charge on any atom is -0.478 e. The van der Waals surface area contributed by atoms with E-state index in [-0.39, 0.29) is 83.0 Å². The minimum absolute atomic E-state index is 0.00336. The highest BCUT2D eigenvalue weighted by Gasteiger charge is 2.37. The molecule has 2 saturated heterocycles. The van der Waals surface area contributed by atoms with Crippen LogP contribution in [0.15, 0.2) is 159 Å². The number of carbonyl (C=O) groups excluding carboxylic acids is 5. The molecule has 6 aromatic heterocycles. The summed E-state index contributed by atoms with van der Waals surface area (Å²) in [6.45, 7) is 5.31. The molecule has 23 nitrogen and oxygen atoms in total. The Morgan fingerprint density at radius 3 is 1.38 bits per heavy atom. The number of aliphatic hydroxyl groups excluding tert-OH is 1. The molecule has 0 spiro atoms. The van der Waals surface area contributed by atoms with E-state index < -0.39 is 25.1 Å². The number of alkyl halides is 1. The van der Waals surface area contributed by atoms with Crippen LogP contribution in [0.1, 0.15) is 95.2 Å². The Balaban J connectivity index is 0.000000186. The van der Waals surface area contributed by atoms with Crippen LogP contribution < -0.4 is 27.4 Å². The third-order valence-electron chi connectivity index (χ3n) is 16.4. The number of benzene rings is 4. The number of amides is 4. The number of aromatic nitrogens is 9. The first kappa shape index (κ1) is 67.7. The molecule has 490 valence electrons. The number of hydrogen-bond donors (Lipinski definition) is 7. The van der Waals surface area contributed by atoms with Crippen molar-refractivity contribution in [1.29, 1.82) is 0 Å². The fourth-order valence-corrected chi connectivity index (χ4v) is 11.6. The van der Waals surface area contributed by atoms with Crippen LogP contribution in [-0.2, 0) is 9.59 Å². The van der Waals surface area contributed by atoms with Gasteiger partial charge in [0.1, 0.15) is 17.5 Å². The standard InChI is InChI=1S/C30H31FN6O3.C22H25FN6O2.C13H8FN3O2.CH3F.CH4O/c1-2-25(20-12-13-36(26(14-20)29(32)39)18-28(38)19-6-4-3-5-7-19)35-30(40)24-15-33-17-27-23(24)16-34-37(27)22-10-8-21(31)9-11-22;1-2-18(13-7-8-26-19(9-13)21(24)30)28-22(31)17-10-25-12-20-16(17)11-27-29(20)15-5-3-14(23)4-6-15;14-8-1-3-9(4-2-8)17-12-7-15-5-11(13(18)19)10(12)6-16-17;2*1-2/h3-11,15-17,20,25-26H,2,12-14,18H2,1H3,(H2,32,39)(H,35,40);3-6,10-13,18-19,26H,2,7-9H2,1H3,(H2,24,30)(H,28,31);1-7H,(H,18,19);1H3;2H,1H3/t20?,25-,26?;13?,18-,19?;;;/m00.../s1/i;;;1D;. The van der Waals surface area contributed by atoms with Crippen LogP contribution in [-0.4, -0.2) is 153 Å². The van der Waals surface area contributed by atoms with Crippen molar-refractivity contribution in [3.8, 4) is 17.1 Å². The largest absolute Gasteiger partial charge is 0.478 e. The van der Waals surface area contributed by atoms with Crippen molar-refractivity contribution in [2.75, 3.05) is 33.9 Å². The van der Waals surface area contributed by atoms with Crippen LogP contribution in [0.2, 0.25) is 0 Å². The Morgan fingerprint density at radius 2 is 0.989 bits per heavy atom. The second-order valence-corrected chi connectivity index (χ2v) is 21.9. The highest BCUT2D eigenvalue weighted by Crippen LogP contribution is 2.30. The van der Waals surface area contributed by atoms with Crippen molar-refractivity contribution < 1.29 is 57.9 Å². The lowest BCUT2D eigenvalue weighted by atomic mass is 9.83. The van der Waals surface area contributed by atoms with Gasteiger partial charge in [0, 0.05) is 59.5 Å². The molecular weight excluding hydrogens is 1220 g/mol. The van der Waals surface area contributed by atoms with E-state index in [1.165, 1.54) is 72.1 Å². The molecule has 2 aliphatic rings. The molecule has 9 N–H and O–H groups in total. The smallest absolute Gasteiger partial charge is 0.338 e. The number of rotatable bonds is 17. The number of nitrogens with two attached hydrogens (primary N) is 2. The molecule has 2 aliphatic heterocycles. The maximum atomic E-state index is 13.5. The number of Topliss-reactive ketones (excluding diaryl/α,β-unsaturated/α-hetero) is 1. The van der Waals surface area contributed by atoms with E-state index in [0.29, 0.717) is 105 Å². The molecule has 0 bridgehead atoms. The predicted octanol–water partition coefficient (Wildman–Crippen LogP) is 7.89. The number of ketones is 1. The van der Waals surface area contributed by atoms with Gasteiger partial charge >= 0.3 is 5.97 Å². The molecule has 4 unspecified atom stereocenters. The number of likely N-dealkylation sites (tertiary alicyclic amines) is 1. The van der Waals surface area contributed by atoms with Gasteiger partial charge in [-0.15, -0.1) is 0 Å². The van der Waals surface area contributed by atoms with Gasteiger partial charge in [-0.2, -0.15) is 15.3 Å². The molecule has 12 rings (SSSR count). The lowest BCUT2D eigenvalue weighted by Crippen LogP contribution is -2.54. The Labute approximate surface area is 538 Å². The number of aromatic carboxylic acids is 1. The van der Waals surface area contributed by atoms with E-state index in [4.69, 9.17) is 23.1 Å². The van der Waals surface area contributed by atoms with Crippen LogP contribution in [0.3, 0.4) is 0 Å². The van der Waals surface area contributed by atoms with Crippen molar-refractivity contribution in [1.82, 2.24) is 65.1 Å². The van der Waals surface area contributed by atoms with Gasteiger partial charge in [-0.3, -0.25) is 48.2 Å². The van der Waals surface area contributed by atoms with E-state index in [2.05, 4.69) is 46.2 Å². The monoisotopic (exact) mass is 1290 g/mol. The first-order chi connectivity index (χ1) is 45.9. The highest BCUT2D eigenvalue weighted by molar-refractivity contribution is 6.07. The molecule has 0 saturated carbocycles. The molecule has 94 heavy (non-hydrogen) atoms. The summed E-state index contributed by atoms with van der Waals surface area (Å²) in [6, 6.07) is 25.4. The normalized spacial score (nSPS) is 16.8. The van der Waals surface area contributed by atoms with E-state index in [9.17, 15) is 46.3 Å². The maximum Gasteiger partial charge on any atom is 0.338 e. The molecule has 27 heteroatoms. The molecule has 8 heterocycles. The zero-order valence-electron chi connectivity index (χ0n) is 52.5. The summed E-state index contributed by atoms with van der Waals surface area (Å²) < 4.78 is 59.8. The van der Waals surface area contributed by atoms with Crippen molar-refractivity contribution in [3.05, 3.63) is 199 Å². The number of primary amides is 2. The van der Waals surface area contributed by atoms with E-state index in [1.807, 2.05) is 36.9 Å². The number of nitrogens with one attached hydrogen (secondary N) is 3. The maximum absolute atomic E-state index is 13.5. The molecule has 6 atom stereocenters. The van der Waals surface area contributed by atoms with Crippen LogP contribution in [0.5, 0.6) is 0 Å². The van der Waals surface area contributed by atoms with Crippen molar-refractivity contribution in [2.24, 2.45) is 23.3 Å². The molecule has 4 amide bonds. The first-order valence-electron chi connectivity index (χ1n) is 30.6. The molecule has 0 aliphatic carbocycles. The van der Waals surface area contributed by atoms with E-state index >= 15 is 0 Å². The summed E-state index contributed by atoms with van der Waals surface area (Å²) in [7, 11) is 0. The third-order valence-corrected chi connectivity index (χ3v) is 16.4. The third kappa shape index (κ3) is 16.3. The van der Waals surface area contributed by atoms with Crippen molar-refractivity contribution >= 4 is 68.1 Å². The van der Waals surface area contributed by atoms with Gasteiger partial charge in [0.05, 0.1) is 115 Å². The number of carbonyl (C=O) groups is 6. The summed E-state index contributed by atoms with van der Waals surface area (Å²) >= 11 is 0. The molecule has 2 fully saturated rings. The Morgan fingerprint density at radius 1 is 0.585 bits per heavy atom. The number of aliphatic hydroxyl groups is 1. The van der Waals surface area contributed by atoms with Gasteiger partial charge in [-0.1, -0.05) is 44.2 Å². The van der Waals surface area contributed by atoms with Gasteiger partial charge in [0.2, 0.25) is 11.8 Å². The lowest BCUT2D eigenvalue weighted by molar-refractivity contribution is -0.125. The number of carboxylic acids is 1. The molecule has 10 aromatic rings. The molecular formula is C67H71F4N15O8. The van der Waals surface area contributed by atoms with E-state index in [1.54, 1.807) is 82.7 Å². The highest BCUT2D eigenvalue weighted by atomic mass is 19.1. The second-order valence-electron chi connectivity index (χ2n) is 21.9. The topological polar surface area (TPSA) is 326 Å². The van der Waals surface area contributed by atoms with Crippen LogP contribution in [0.25, 0.3) is 49.8 Å². The SMILES string of the molecule is CC[C@H](NC(=O)c1cncc2c1cnn2-c1ccc(F)cc1)C1CCN(CC(=O)c2ccccc2)C(C(N)=O)C1.CC[C@H](NC(=O)c1cncc2c1cnn2-c1ccc(F)cc1)C1CCNC(C(N)=O)C1.CO.O=C(O)c1cncc2c1cnn2-c1ccc(F)cc1.[2H]CF. The van der Waals surface area contributed by atoms with Crippen LogP contribution >= 0.6 is 0 Å². The predicted molar refractivity (Wildman–Crippen MR) is 343 cm³/mol. The number of pyridine rings is 3. The quantitative estimate of drug-likeness (QED) is 0.0336. The summed E-state index contributed by atoms with van der Waals surface area (Å²) in [6.07, 6.45) is 17.7. The Kier molecular flexibility index (Phi) is 23.5. The minimum atomic E-state index is -1.06. The zero-order valence-corrected chi connectivity index (χ0v) is 51.5. The second kappa shape index (κ2) is 32.6. The average Bonchev–Trinajstić information content (AvgIpc) is 1.69. The van der Waals surface area contributed by atoms with Gasteiger partial charge in [-0.25, -0.2) is 32.0 Å². The van der Waals surface area contributed by atoms with Crippen molar-refractivity contribution in [3.63, 3.8) is 0 Å². The van der Waals surface area contributed by atoms with E-state index in [0.717, 1.165) is 20.0 Å². The summed E-state index contributed by atoms with van der Waals surface area (Å²) in [4.78, 5) is 88.7. The Hall–Kier alpha value is -10.6. The first-order valence-corrected chi connectivity index (χ1v) is 29.9. The fraction of sp³-hybridized carbons (Fsp3) is 0.284. The van der Waals surface area contributed by atoms with Crippen LogP contribution in [0, 0.1) is 29.3 Å². The number of halogens is 4. The van der Waals surface area contributed by atoms with Crippen molar-refractivity contribution in [2.45, 2.75) is 76.5 Å². The Bertz CT molecular complexity index is 4260. The summed E-state index contributed by atoms with van der Waals surface area (Å²) in [5.41, 5.74) is 16.5.